The summed E-state index contributed by atoms with van der Waals surface area (Å²) in [6, 6.07) is 6.86. The zero-order valence-corrected chi connectivity index (χ0v) is 13.8. The van der Waals surface area contributed by atoms with Crippen LogP contribution in [0.1, 0.15) is 30.0 Å². The quantitative estimate of drug-likeness (QED) is 0.901. The zero-order chi connectivity index (χ0) is 15.4. The molecule has 1 aliphatic heterocycles. The molecule has 118 valence electrons. The third-order valence-electron chi connectivity index (χ3n) is 4.58. The summed E-state index contributed by atoms with van der Waals surface area (Å²) in [5.41, 5.74) is 8.78. The van der Waals surface area contributed by atoms with E-state index in [1.165, 1.54) is 31.5 Å². The maximum atomic E-state index is 6.44. The first kappa shape index (κ1) is 16.3. The number of piperidine rings is 1. The van der Waals surface area contributed by atoms with Crippen molar-refractivity contribution in [1.82, 2.24) is 9.80 Å². The van der Waals surface area contributed by atoms with Gasteiger partial charge in [-0.3, -0.25) is 0 Å². The fourth-order valence-corrected chi connectivity index (χ4v) is 3.14. The molecule has 0 radical (unpaired) electrons. The minimum Gasteiger partial charge on any atom is -0.496 e. The second kappa shape index (κ2) is 7.25. The Morgan fingerprint density at radius 2 is 2.05 bits per heavy atom. The van der Waals surface area contributed by atoms with Crippen LogP contribution in [0, 0.1) is 6.92 Å². The molecule has 0 spiro atoms. The van der Waals surface area contributed by atoms with E-state index in [1.54, 1.807) is 7.11 Å². The molecule has 4 heteroatoms. The fraction of sp³-hybridized carbons (Fsp3) is 0.647. The molecule has 21 heavy (non-hydrogen) atoms. The Hall–Kier alpha value is -1.10. The molecular weight excluding hydrogens is 262 g/mol. The Kier molecular flexibility index (Phi) is 5.62. The Morgan fingerprint density at radius 3 is 2.67 bits per heavy atom. The number of rotatable bonds is 5. The first-order valence-electron chi connectivity index (χ1n) is 7.80. The van der Waals surface area contributed by atoms with Crippen molar-refractivity contribution < 1.29 is 4.74 Å². The third-order valence-corrected chi connectivity index (χ3v) is 4.58. The van der Waals surface area contributed by atoms with Crippen molar-refractivity contribution in [3.63, 3.8) is 0 Å². The molecule has 0 bridgehead atoms. The maximum absolute atomic E-state index is 6.44. The third kappa shape index (κ3) is 4.19. The van der Waals surface area contributed by atoms with Crippen molar-refractivity contribution >= 4 is 0 Å². The van der Waals surface area contributed by atoms with Crippen molar-refractivity contribution in [1.29, 1.82) is 0 Å². The SMILES string of the molecule is COc1ccc(C)cc1C(N)CN(C)C1CCN(C)CC1. The predicted molar refractivity (Wildman–Crippen MR) is 87.8 cm³/mol. The van der Waals surface area contributed by atoms with E-state index in [9.17, 15) is 0 Å². The van der Waals surface area contributed by atoms with Crippen molar-refractivity contribution in [2.45, 2.75) is 31.8 Å². The number of likely N-dealkylation sites (N-methyl/N-ethyl adjacent to an activating group) is 1. The summed E-state index contributed by atoms with van der Waals surface area (Å²) in [4.78, 5) is 4.81. The summed E-state index contributed by atoms with van der Waals surface area (Å²) in [6.45, 7) is 5.32. The number of likely N-dealkylation sites (tertiary alicyclic amines) is 1. The van der Waals surface area contributed by atoms with Crippen LogP contribution >= 0.6 is 0 Å². The van der Waals surface area contributed by atoms with Crippen LogP contribution in [0.5, 0.6) is 5.75 Å². The Balaban J connectivity index is 2.00. The Morgan fingerprint density at radius 1 is 1.38 bits per heavy atom. The number of aryl methyl sites for hydroxylation is 1. The lowest BCUT2D eigenvalue weighted by Crippen LogP contribution is -2.44. The number of hydrogen-bond donors (Lipinski definition) is 1. The molecule has 1 atom stereocenters. The van der Waals surface area contributed by atoms with Crippen LogP contribution in [-0.2, 0) is 0 Å². The van der Waals surface area contributed by atoms with Gasteiger partial charge in [0.1, 0.15) is 5.75 Å². The number of hydrogen-bond acceptors (Lipinski definition) is 4. The molecule has 2 N–H and O–H groups in total. The van der Waals surface area contributed by atoms with Crippen molar-refractivity contribution in [2.24, 2.45) is 5.73 Å². The lowest BCUT2D eigenvalue weighted by molar-refractivity contribution is 0.138. The van der Waals surface area contributed by atoms with Gasteiger partial charge in [-0.25, -0.2) is 0 Å². The van der Waals surface area contributed by atoms with Crippen LogP contribution < -0.4 is 10.5 Å². The zero-order valence-electron chi connectivity index (χ0n) is 13.8. The molecule has 1 fully saturated rings. The van der Waals surface area contributed by atoms with Crippen LogP contribution in [0.4, 0.5) is 0 Å². The van der Waals surface area contributed by atoms with Crippen LogP contribution in [0.3, 0.4) is 0 Å². The lowest BCUT2D eigenvalue weighted by atomic mass is 10.0. The molecule has 0 aliphatic carbocycles. The van der Waals surface area contributed by atoms with E-state index in [1.807, 2.05) is 6.07 Å². The molecule has 0 aromatic heterocycles. The number of methoxy groups -OCH3 is 1. The van der Waals surface area contributed by atoms with Gasteiger partial charge in [0, 0.05) is 24.2 Å². The van der Waals surface area contributed by atoms with Crippen LogP contribution in [0.15, 0.2) is 18.2 Å². The highest BCUT2D eigenvalue weighted by Gasteiger charge is 2.23. The second-order valence-corrected chi connectivity index (χ2v) is 6.33. The van der Waals surface area contributed by atoms with Crippen molar-refractivity contribution in [3.8, 4) is 5.75 Å². The summed E-state index contributed by atoms with van der Waals surface area (Å²) >= 11 is 0. The predicted octanol–water partition coefficient (Wildman–Crippen LogP) is 2.03. The van der Waals surface area contributed by atoms with Gasteiger partial charge in [-0.05, 0) is 53.0 Å². The summed E-state index contributed by atoms with van der Waals surface area (Å²) < 4.78 is 5.46. The van der Waals surface area contributed by atoms with Crippen molar-refractivity contribution in [3.05, 3.63) is 29.3 Å². The highest BCUT2D eigenvalue weighted by Crippen LogP contribution is 2.26. The van der Waals surface area contributed by atoms with Gasteiger partial charge < -0.3 is 20.3 Å². The van der Waals surface area contributed by atoms with Crippen LogP contribution in [-0.4, -0.2) is 56.7 Å². The summed E-state index contributed by atoms with van der Waals surface area (Å²) in [7, 11) is 6.10. The van der Waals surface area contributed by atoms with E-state index in [0.29, 0.717) is 6.04 Å². The highest BCUT2D eigenvalue weighted by molar-refractivity contribution is 5.39. The van der Waals surface area contributed by atoms with Gasteiger partial charge in [0.25, 0.3) is 0 Å². The molecule has 1 aromatic carbocycles. The molecule has 0 amide bonds. The average Bonchev–Trinajstić information content (AvgIpc) is 2.47. The number of benzene rings is 1. The lowest BCUT2D eigenvalue weighted by Gasteiger charge is -2.36. The Labute approximate surface area is 128 Å². The molecule has 1 unspecified atom stereocenters. The summed E-state index contributed by atoms with van der Waals surface area (Å²) in [6.07, 6.45) is 2.45. The molecule has 4 nitrogen and oxygen atoms in total. The molecule has 1 aliphatic rings. The molecule has 1 heterocycles. The van der Waals surface area contributed by atoms with E-state index in [-0.39, 0.29) is 6.04 Å². The van der Waals surface area contributed by atoms with Gasteiger partial charge in [-0.15, -0.1) is 0 Å². The van der Waals surface area contributed by atoms with Gasteiger partial charge >= 0.3 is 0 Å². The standard InChI is InChI=1S/C17H29N3O/c1-13-5-6-17(21-4)15(11-13)16(18)12-20(3)14-7-9-19(2)10-8-14/h5-6,11,14,16H,7-10,12,18H2,1-4H3. The molecule has 1 aromatic rings. The smallest absolute Gasteiger partial charge is 0.123 e. The van der Waals surface area contributed by atoms with Crippen LogP contribution in [0.25, 0.3) is 0 Å². The topological polar surface area (TPSA) is 41.7 Å². The van der Waals surface area contributed by atoms with Gasteiger partial charge in [-0.1, -0.05) is 17.7 Å². The summed E-state index contributed by atoms with van der Waals surface area (Å²) in [5.74, 6) is 0.893. The largest absolute Gasteiger partial charge is 0.496 e. The van der Waals surface area contributed by atoms with Gasteiger partial charge in [0.2, 0.25) is 0 Å². The highest BCUT2D eigenvalue weighted by atomic mass is 16.5. The van der Waals surface area contributed by atoms with E-state index in [2.05, 4.69) is 43.0 Å². The van der Waals surface area contributed by atoms with Gasteiger partial charge in [0.15, 0.2) is 0 Å². The second-order valence-electron chi connectivity index (χ2n) is 6.33. The van der Waals surface area contributed by atoms with E-state index >= 15 is 0 Å². The first-order chi connectivity index (χ1) is 10.0. The van der Waals surface area contributed by atoms with E-state index in [0.717, 1.165) is 17.9 Å². The number of ether oxygens (including phenoxy) is 1. The Bertz CT molecular complexity index is 455. The van der Waals surface area contributed by atoms with Gasteiger partial charge in [0.05, 0.1) is 7.11 Å². The minimum absolute atomic E-state index is 0.00972. The number of nitrogens with two attached hydrogens (primary N) is 1. The molecule has 0 saturated carbocycles. The molecular formula is C17H29N3O. The first-order valence-corrected chi connectivity index (χ1v) is 7.80. The minimum atomic E-state index is -0.00972. The van der Waals surface area contributed by atoms with E-state index < -0.39 is 0 Å². The fourth-order valence-electron chi connectivity index (χ4n) is 3.14. The van der Waals surface area contributed by atoms with E-state index in [4.69, 9.17) is 10.5 Å². The normalized spacial score (nSPS) is 19.0. The average molecular weight is 291 g/mol. The molecule has 1 saturated heterocycles. The van der Waals surface area contributed by atoms with Crippen LogP contribution in [0.2, 0.25) is 0 Å². The van der Waals surface area contributed by atoms with Crippen molar-refractivity contribution in [2.75, 3.05) is 40.8 Å². The number of nitrogens with zero attached hydrogens (tertiary/aromatic N) is 2. The molecule has 2 rings (SSSR count). The maximum Gasteiger partial charge on any atom is 0.123 e. The van der Waals surface area contributed by atoms with Gasteiger partial charge in [-0.2, -0.15) is 0 Å². The summed E-state index contributed by atoms with van der Waals surface area (Å²) in [5, 5.41) is 0. The monoisotopic (exact) mass is 291 g/mol.